The standard InChI is InChI=1S/C12H22N2O2/c1-9-10(4-7-13-9)11(16)14-12(8-15)5-2-3-6-12/h9-10,13,15H,2-8H2,1H3,(H,14,16). The van der Waals surface area contributed by atoms with E-state index in [2.05, 4.69) is 17.6 Å². The Bertz CT molecular complexity index is 262. The molecular weight excluding hydrogens is 204 g/mol. The quantitative estimate of drug-likeness (QED) is 0.653. The van der Waals surface area contributed by atoms with Gasteiger partial charge in [-0.2, -0.15) is 0 Å². The topological polar surface area (TPSA) is 61.4 Å². The maximum atomic E-state index is 12.1. The molecule has 2 atom stereocenters. The van der Waals surface area contributed by atoms with Crippen molar-refractivity contribution in [2.75, 3.05) is 13.2 Å². The predicted octanol–water partition coefficient (Wildman–Crippen LogP) is 0.406. The first kappa shape index (κ1) is 11.9. The largest absolute Gasteiger partial charge is 0.394 e. The molecule has 16 heavy (non-hydrogen) atoms. The fraction of sp³-hybridized carbons (Fsp3) is 0.917. The highest BCUT2D eigenvalue weighted by atomic mass is 16.3. The fourth-order valence-electron chi connectivity index (χ4n) is 2.95. The molecule has 0 aromatic heterocycles. The average molecular weight is 226 g/mol. The first-order chi connectivity index (χ1) is 7.67. The molecular formula is C12H22N2O2. The van der Waals surface area contributed by atoms with Crippen LogP contribution in [0.25, 0.3) is 0 Å². The van der Waals surface area contributed by atoms with Crippen LogP contribution in [0, 0.1) is 5.92 Å². The van der Waals surface area contributed by atoms with Crippen molar-refractivity contribution in [3.05, 3.63) is 0 Å². The SMILES string of the molecule is CC1NCCC1C(=O)NC1(CO)CCCC1. The highest BCUT2D eigenvalue weighted by Crippen LogP contribution is 2.30. The average Bonchev–Trinajstić information content (AvgIpc) is 2.87. The van der Waals surface area contributed by atoms with Crippen molar-refractivity contribution < 1.29 is 9.90 Å². The molecule has 1 saturated heterocycles. The summed E-state index contributed by atoms with van der Waals surface area (Å²) in [6.45, 7) is 3.05. The molecule has 1 heterocycles. The van der Waals surface area contributed by atoms with Crippen molar-refractivity contribution in [2.45, 2.75) is 50.6 Å². The van der Waals surface area contributed by atoms with Crippen LogP contribution < -0.4 is 10.6 Å². The highest BCUT2D eigenvalue weighted by molar-refractivity contribution is 5.80. The number of carbonyl (C=O) groups excluding carboxylic acids is 1. The van der Waals surface area contributed by atoms with E-state index in [0.29, 0.717) is 0 Å². The lowest BCUT2D eigenvalue weighted by Gasteiger charge is -2.30. The second-order valence-corrected chi connectivity index (χ2v) is 5.27. The first-order valence-corrected chi connectivity index (χ1v) is 6.33. The summed E-state index contributed by atoms with van der Waals surface area (Å²) in [7, 11) is 0. The summed E-state index contributed by atoms with van der Waals surface area (Å²) in [6.07, 6.45) is 4.97. The van der Waals surface area contributed by atoms with Crippen molar-refractivity contribution >= 4 is 5.91 Å². The molecule has 1 amide bonds. The van der Waals surface area contributed by atoms with Crippen molar-refractivity contribution in [1.82, 2.24) is 10.6 Å². The lowest BCUT2D eigenvalue weighted by Crippen LogP contribution is -2.52. The van der Waals surface area contributed by atoms with Gasteiger partial charge < -0.3 is 15.7 Å². The van der Waals surface area contributed by atoms with E-state index in [1.54, 1.807) is 0 Å². The summed E-state index contributed by atoms with van der Waals surface area (Å²) >= 11 is 0. The molecule has 0 radical (unpaired) electrons. The number of hydrogen-bond donors (Lipinski definition) is 3. The second kappa shape index (κ2) is 4.72. The minimum Gasteiger partial charge on any atom is -0.394 e. The number of aliphatic hydroxyl groups excluding tert-OH is 1. The van der Waals surface area contributed by atoms with Crippen LogP contribution in [0.2, 0.25) is 0 Å². The lowest BCUT2D eigenvalue weighted by molar-refractivity contribution is -0.127. The molecule has 3 N–H and O–H groups in total. The van der Waals surface area contributed by atoms with Crippen LogP contribution in [0.1, 0.15) is 39.0 Å². The molecule has 0 aromatic rings. The van der Waals surface area contributed by atoms with E-state index in [1.807, 2.05) is 0 Å². The molecule has 2 aliphatic rings. The Kier molecular flexibility index (Phi) is 3.50. The Morgan fingerprint density at radius 2 is 2.19 bits per heavy atom. The van der Waals surface area contributed by atoms with Gasteiger partial charge in [-0.3, -0.25) is 4.79 Å². The zero-order chi connectivity index (χ0) is 11.6. The number of amides is 1. The number of aliphatic hydroxyl groups is 1. The van der Waals surface area contributed by atoms with Gasteiger partial charge in [0.25, 0.3) is 0 Å². The number of carbonyl (C=O) groups is 1. The van der Waals surface area contributed by atoms with E-state index in [-0.39, 0.29) is 30.0 Å². The minimum absolute atomic E-state index is 0.0732. The van der Waals surface area contributed by atoms with Crippen LogP contribution >= 0.6 is 0 Å². The van der Waals surface area contributed by atoms with Gasteiger partial charge in [-0.15, -0.1) is 0 Å². The van der Waals surface area contributed by atoms with Crippen LogP contribution in [-0.4, -0.2) is 35.7 Å². The normalized spacial score (nSPS) is 32.9. The molecule has 0 spiro atoms. The number of rotatable bonds is 3. The predicted molar refractivity (Wildman–Crippen MR) is 62.0 cm³/mol. The molecule has 4 nitrogen and oxygen atoms in total. The Morgan fingerprint density at radius 1 is 1.50 bits per heavy atom. The summed E-state index contributed by atoms with van der Waals surface area (Å²) in [5.41, 5.74) is -0.320. The van der Waals surface area contributed by atoms with Gasteiger partial charge in [-0.05, 0) is 32.7 Å². The molecule has 0 bridgehead atoms. The fourth-order valence-corrected chi connectivity index (χ4v) is 2.95. The first-order valence-electron chi connectivity index (χ1n) is 6.33. The molecule has 4 heteroatoms. The van der Waals surface area contributed by atoms with E-state index in [1.165, 1.54) is 0 Å². The van der Waals surface area contributed by atoms with Crippen molar-refractivity contribution in [1.29, 1.82) is 0 Å². The van der Waals surface area contributed by atoms with Crippen LogP contribution in [0.3, 0.4) is 0 Å². The van der Waals surface area contributed by atoms with Crippen LogP contribution in [-0.2, 0) is 4.79 Å². The van der Waals surface area contributed by atoms with E-state index >= 15 is 0 Å². The molecule has 1 saturated carbocycles. The number of hydrogen-bond acceptors (Lipinski definition) is 3. The number of nitrogens with one attached hydrogen (secondary N) is 2. The van der Waals surface area contributed by atoms with Crippen LogP contribution in [0.15, 0.2) is 0 Å². The minimum atomic E-state index is -0.320. The van der Waals surface area contributed by atoms with Gasteiger partial charge in [0.2, 0.25) is 5.91 Å². The van der Waals surface area contributed by atoms with Gasteiger partial charge in [-0.25, -0.2) is 0 Å². The lowest BCUT2D eigenvalue weighted by atomic mass is 9.95. The van der Waals surface area contributed by atoms with Crippen LogP contribution in [0.4, 0.5) is 0 Å². The van der Waals surface area contributed by atoms with Gasteiger partial charge in [0.1, 0.15) is 0 Å². The molecule has 2 unspecified atom stereocenters. The third-order valence-electron chi connectivity index (χ3n) is 4.11. The third kappa shape index (κ3) is 2.23. The van der Waals surface area contributed by atoms with E-state index in [9.17, 15) is 9.90 Å². The molecule has 1 aliphatic carbocycles. The van der Waals surface area contributed by atoms with E-state index in [0.717, 1.165) is 38.6 Å². The molecule has 0 aromatic carbocycles. The Hall–Kier alpha value is -0.610. The van der Waals surface area contributed by atoms with E-state index in [4.69, 9.17) is 0 Å². The maximum Gasteiger partial charge on any atom is 0.225 e. The van der Waals surface area contributed by atoms with Gasteiger partial charge in [0.05, 0.1) is 18.1 Å². The maximum absolute atomic E-state index is 12.1. The summed E-state index contributed by atoms with van der Waals surface area (Å²) in [4.78, 5) is 12.1. The summed E-state index contributed by atoms with van der Waals surface area (Å²) in [5, 5.41) is 15.8. The smallest absolute Gasteiger partial charge is 0.225 e. The molecule has 2 rings (SSSR count). The van der Waals surface area contributed by atoms with Gasteiger partial charge in [0.15, 0.2) is 0 Å². The zero-order valence-corrected chi connectivity index (χ0v) is 9.96. The summed E-state index contributed by atoms with van der Waals surface area (Å²) < 4.78 is 0. The Labute approximate surface area is 96.8 Å². The zero-order valence-electron chi connectivity index (χ0n) is 9.96. The Balaban J connectivity index is 1.95. The van der Waals surface area contributed by atoms with E-state index < -0.39 is 0 Å². The van der Waals surface area contributed by atoms with Crippen LogP contribution in [0.5, 0.6) is 0 Å². The molecule has 92 valence electrons. The molecule has 2 fully saturated rings. The van der Waals surface area contributed by atoms with Gasteiger partial charge in [0, 0.05) is 6.04 Å². The monoisotopic (exact) mass is 226 g/mol. The van der Waals surface area contributed by atoms with Crippen molar-refractivity contribution in [3.8, 4) is 0 Å². The Morgan fingerprint density at radius 3 is 2.69 bits per heavy atom. The third-order valence-corrected chi connectivity index (χ3v) is 4.11. The van der Waals surface area contributed by atoms with Gasteiger partial charge in [-0.1, -0.05) is 12.8 Å². The second-order valence-electron chi connectivity index (χ2n) is 5.27. The highest BCUT2D eigenvalue weighted by Gasteiger charge is 2.38. The van der Waals surface area contributed by atoms with Crippen molar-refractivity contribution in [2.24, 2.45) is 5.92 Å². The van der Waals surface area contributed by atoms with Gasteiger partial charge >= 0.3 is 0 Å². The summed E-state index contributed by atoms with van der Waals surface area (Å²) in [5.74, 6) is 0.192. The summed E-state index contributed by atoms with van der Waals surface area (Å²) in [6, 6.07) is 0.261. The van der Waals surface area contributed by atoms with Crippen molar-refractivity contribution in [3.63, 3.8) is 0 Å². The molecule has 1 aliphatic heterocycles.